The Morgan fingerprint density at radius 2 is 2.20 bits per heavy atom. The Bertz CT molecular complexity index is 627. The molecule has 0 bridgehead atoms. The molecule has 20 heavy (non-hydrogen) atoms. The van der Waals surface area contributed by atoms with Crippen molar-refractivity contribution in [2.45, 2.75) is 19.9 Å². The number of thiazole rings is 1. The van der Waals surface area contributed by atoms with Gasteiger partial charge < -0.3 is 15.8 Å². The van der Waals surface area contributed by atoms with Gasteiger partial charge in [-0.3, -0.25) is 0 Å². The molecule has 3 N–H and O–H groups in total. The molecule has 106 valence electrons. The van der Waals surface area contributed by atoms with E-state index in [0.717, 1.165) is 10.7 Å². The topological polar surface area (TPSA) is 90.1 Å². The van der Waals surface area contributed by atoms with Gasteiger partial charge in [0.25, 0.3) is 0 Å². The third kappa shape index (κ3) is 3.05. The van der Waals surface area contributed by atoms with Gasteiger partial charge in [-0.05, 0) is 26.0 Å². The molecule has 2 heterocycles. The Balaban J connectivity index is 2.22. The quantitative estimate of drug-likeness (QED) is 0.841. The molecule has 1 unspecified atom stereocenters. The maximum atomic E-state index is 11.5. The Morgan fingerprint density at radius 3 is 2.80 bits per heavy atom. The van der Waals surface area contributed by atoms with E-state index in [1.54, 1.807) is 17.4 Å². The van der Waals surface area contributed by atoms with Crippen molar-refractivity contribution < 1.29 is 9.53 Å². The first-order valence-electron chi connectivity index (χ1n) is 6.04. The van der Waals surface area contributed by atoms with Gasteiger partial charge in [0, 0.05) is 11.1 Å². The average molecular weight is 292 g/mol. The summed E-state index contributed by atoms with van der Waals surface area (Å²) in [4.78, 5) is 20.1. The Morgan fingerprint density at radius 1 is 1.45 bits per heavy atom. The predicted molar refractivity (Wildman–Crippen MR) is 78.9 cm³/mol. The van der Waals surface area contributed by atoms with E-state index in [1.165, 1.54) is 13.2 Å². The van der Waals surface area contributed by atoms with Crippen molar-refractivity contribution in [3.8, 4) is 0 Å². The van der Waals surface area contributed by atoms with Gasteiger partial charge in [-0.2, -0.15) is 0 Å². The molecule has 0 aliphatic heterocycles. The minimum Gasteiger partial charge on any atom is -0.464 e. The third-order valence-electron chi connectivity index (χ3n) is 2.68. The first-order chi connectivity index (χ1) is 9.51. The number of nitrogens with two attached hydrogens (primary N) is 1. The van der Waals surface area contributed by atoms with Crippen LogP contribution in [0.5, 0.6) is 0 Å². The number of aryl methyl sites for hydroxylation is 1. The van der Waals surface area contributed by atoms with Crippen molar-refractivity contribution in [2.24, 2.45) is 0 Å². The number of pyridine rings is 1. The molecule has 6 nitrogen and oxygen atoms in total. The lowest BCUT2D eigenvalue weighted by molar-refractivity contribution is 0.0594. The number of nitrogens with one attached hydrogen (secondary N) is 1. The monoisotopic (exact) mass is 292 g/mol. The lowest BCUT2D eigenvalue weighted by Crippen LogP contribution is -2.12. The van der Waals surface area contributed by atoms with Crippen LogP contribution < -0.4 is 11.1 Å². The van der Waals surface area contributed by atoms with Crippen LogP contribution in [-0.4, -0.2) is 23.0 Å². The molecule has 0 saturated heterocycles. The molecule has 0 saturated carbocycles. The predicted octanol–water partition coefficient (Wildman–Crippen LogP) is 2.39. The van der Waals surface area contributed by atoms with E-state index in [2.05, 4.69) is 20.0 Å². The average Bonchev–Trinajstić information content (AvgIpc) is 2.87. The van der Waals surface area contributed by atoms with Crippen LogP contribution in [0.4, 0.5) is 11.5 Å². The second-order valence-corrected chi connectivity index (χ2v) is 5.21. The highest BCUT2D eigenvalue weighted by Gasteiger charge is 2.14. The van der Waals surface area contributed by atoms with E-state index in [-0.39, 0.29) is 11.7 Å². The fraction of sp³-hybridized carbons (Fsp3) is 0.308. The summed E-state index contributed by atoms with van der Waals surface area (Å²) in [6.45, 7) is 3.90. The van der Waals surface area contributed by atoms with E-state index >= 15 is 0 Å². The zero-order valence-corrected chi connectivity index (χ0v) is 12.3. The summed E-state index contributed by atoms with van der Waals surface area (Å²) in [6.07, 6.45) is 0. The normalized spacial score (nSPS) is 11.9. The number of rotatable bonds is 4. The van der Waals surface area contributed by atoms with Crippen molar-refractivity contribution in [1.82, 2.24) is 9.97 Å². The number of anilines is 2. The molecule has 0 aromatic carbocycles. The second-order valence-electron chi connectivity index (χ2n) is 4.32. The van der Waals surface area contributed by atoms with Gasteiger partial charge in [0.05, 0.1) is 18.8 Å². The van der Waals surface area contributed by atoms with E-state index in [4.69, 9.17) is 5.73 Å². The molecule has 0 radical (unpaired) electrons. The lowest BCUT2D eigenvalue weighted by Gasteiger charge is -2.14. The highest BCUT2D eigenvalue weighted by Crippen LogP contribution is 2.24. The van der Waals surface area contributed by atoms with E-state index in [9.17, 15) is 4.79 Å². The van der Waals surface area contributed by atoms with Gasteiger partial charge in [-0.25, -0.2) is 14.8 Å². The summed E-state index contributed by atoms with van der Waals surface area (Å²) in [7, 11) is 1.31. The van der Waals surface area contributed by atoms with Crippen LogP contribution in [0.3, 0.4) is 0 Å². The van der Waals surface area contributed by atoms with Gasteiger partial charge >= 0.3 is 5.97 Å². The van der Waals surface area contributed by atoms with Gasteiger partial charge in [0.2, 0.25) is 0 Å². The molecule has 2 aromatic heterocycles. The van der Waals surface area contributed by atoms with Crippen LogP contribution in [0.25, 0.3) is 0 Å². The smallest absolute Gasteiger partial charge is 0.356 e. The Hall–Kier alpha value is -2.15. The lowest BCUT2D eigenvalue weighted by atomic mass is 10.3. The molecule has 2 rings (SSSR count). The van der Waals surface area contributed by atoms with Gasteiger partial charge in [-0.15, -0.1) is 11.3 Å². The second kappa shape index (κ2) is 5.87. The van der Waals surface area contributed by atoms with Crippen molar-refractivity contribution in [3.05, 3.63) is 33.9 Å². The fourth-order valence-corrected chi connectivity index (χ4v) is 2.45. The van der Waals surface area contributed by atoms with Gasteiger partial charge in [0.1, 0.15) is 5.01 Å². The highest BCUT2D eigenvalue weighted by molar-refractivity contribution is 7.09. The number of ether oxygens (including phenoxy) is 1. The third-order valence-corrected chi connectivity index (χ3v) is 3.83. The summed E-state index contributed by atoms with van der Waals surface area (Å²) in [5, 5.41) is 6.08. The van der Waals surface area contributed by atoms with Crippen LogP contribution >= 0.6 is 11.3 Å². The van der Waals surface area contributed by atoms with Crippen LogP contribution in [0.2, 0.25) is 0 Å². The summed E-state index contributed by atoms with van der Waals surface area (Å²) in [5.41, 5.74) is 7.53. The summed E-state index contributed by atoms with van der Waals surface area (Å²) in [6, 6.07) is 3.11. The SMILES string of the molecule is COC(=O)c1ccc(N)c(NC(C)c2nc(C)cs2)n1. The first-order valence-corrected chi connectivity index (χ1v) is 6.92. The summed E-state index contributed by atoms with van der Waals surface area (Å²) < 4.78 is 4.64. The Kier molecular flexibility index (Phi) is 4.19. The summed E-state index contributed by atoms with van der Waals surface area (Å²) in [5.74, 6) is -0.0425. The van der Waals surface area contributed by atoms with Crippen LogP contribution in [0, 0.1) is 6.92 Å². The molecule has 0 amide bonds. The number of hydrogen-bond donors (Lipinski definition) is 2. The number of aromatic nitrogens is 2. The molecule has 0 spiro atoms. The number of methoxy groups -OCH3 is 1. The van der Waals surface area contributed by atoms with Crippen LogP contribution in [-0.2, 0) is 4.74 Å². The molecular formula is C13H16N4O2S. The van der Waals surface area contributed by atoms with Crippen molar-refractivity contribution >= 4 is 28.8 Å². The van der Waals surface area contributed by atoms with E-state index in [1.807, 2.05) is 19.2 Å². The van der Waals surface area contributed by atoms with Crippen molar-refractivity contribution in [3.63, 3.8) is 0 Å². The maximum absolute atomic E-state index is 11.5. The number of nitrogens with zero attached hydrogens (tertiary/aromatic N) is 2. The molecule has 0 aliphatic rings. The fourth-order valence-electron chi connectivity index (χ4n) is 1.64. The molecule has 2 aromatic rings. The molecule has 0 aliphatic carbocycles. The van der Waals surface area contributed by atoms with Crippen LogP contribution in [0.15, 0.2) is 17.5 Å². The van der Waals surface area contributed by atoms with E-state index < -0.39 is 5.97 Å². The molecule has 1 atom stereocenters. The largest absolute Gasteiger partial charge is 0.464 e. The zero-order valence-electron chi connectivity index (χ0n) is 11.5. The number of hydrogen-bond acceptors (Lipinski definition) is 7. The van der Waals surface area contributed by atoms with E-state index in [0.29, 0.717) is 11.5 Å². The minimum atomic E-state index is -0.495. The molecular weight excluding hydrogens is 276 g/mol. The summed E-state index contributed by atoms with van der Waals surface area (Å²) >= 11 is 1.56. The number of nitrogen functional groups attached to an aromatic ring is 1. The number of carbonyl (C=O) groups excluding carboxylic acids is 1. The molecule has 0 fully saturated rings. The van der Waals surface area contributed by atoms with Crippen LogP contribution in [0.1, 0.15) is 34.2 Å². The minimum absolute atomic E-state index is 0.0450. The molecule has 7 heteroatoms. The van der Waals surface area contributed by atoms with Crippen molar-refractivity contribution in [2.75, 3.05) is 18.2 Å². The maximum Gasteiger partial charge on any atom is 0.356 e. The Labute approximate surface area is 121 Å². The standard InChI is InChI=1S/C13H16N4O2S/c1-7-6-20-12(15-7)8(2)16-11-9(14)4-5-10(17-11)13(18)19-3/h4-6,8H,14H2,1-3H3,(H,16,17). The van der Waals surface area contributed by atoms with Gasteiger partial charge in [0.15, 0.2) is 11.5 Å². The van der Waals surface area contributed by atoms with Gasteiger partial charge in [-0.1, -0.05) is 0 Å². The highest BCUT2D eigenvalue weighted by atomic mass is 32.1. The zero-order chi connectivity index (χ0) is 14.7. The number of esters is 1. The van der Waals surface area contributed by atoms with Crippen molar-refractivity contribution in [1.29, 1.82) is 0 Å². The number of carbonyl (C=O) groups is 1. The first kappa shape index (κ1) is 14.3.